The standard InChI is InChI=1S/C25H27FN4O4/c1-24(2,13-33-4)21-19(15-10-25(3,23(31)32)34-12-15)20-18(9-14-11-27-29-22(14)28-20)30(21)17-7-5-16(26)6-8-17/h5-9,11,15H,10,12-13H2,1-4H3,(H,31,32)(H,27,28,29)/t15?,25-/m0/s1. The molecule has 1 aliphatic rings. The molecule has 1 fully saturated rings. The number of fused-ring (bicyclic) bond motifs is 2. The van der Waals surface area contributed by atoms with Crippen molar-refractivity contribution in [2.24, 2.45) is 0 Å². The molecule has 0 aliphatic carbocycles. The number of benzene rings is 1. The Balaban J connectivity index is 1.87. The van der Waals surface area contributed by atoms with Crippen molar-refractivity contribution in [3.8, 4) is 5.69 Å². The highest BCUT2D eigenvalue weighted by atomic mass is 19.1. The number of aromatic nitrogens is 4. The number of nitrogens with zero attached hydrogens (tertiary/aromatic N) is 3. The van der Waals surface area contributed by atoms with Crippen LogP contribution in [0.3, 0.4) is 0 Å². The molecule has 4 aromatic rings. The first-order chi connectivity index (χ1) is 16.1. The third kappa shape index (κ3) is 3.47. The lowest BCUT2D eigenvalue weighted by Crippen LogP contribution is -2.34. The van der Waals surface area contributed by atoms with Gasteiger partial charge in [-0.15, -0.1) is 0 Å². The summed E-state index contributed by atoms with van der Waals surface area (Å²) in [6, 6.07) is 8.33. The molecule has 34 heavy (non-hydrogen) atoms. The van der Waals surface area contributed by atoms with Crippen molar-refractivity contribution in [2.45, 2.75) is 44.1 Å². The Labute approximate surface area is 195 Å². The van der Waals surface area contributed by atoms with E-state index in [2.05, 4.69) is 28.6 Å². The summed E-state index contributed by atoms with van der Waals surface area (Å²) in [7, 11) is 1.65. The molecular weight excluding hydrogens is 439 g/mol. The molecule has 1 unspecified atom stereocenters. The molecule has 9 heteroatoms. The zero-order valence-corrected chi connectivity index (χ0v) is 19.6. The number of hydrogen-bond donors (Lipinski definition) is 2. The highest BCUT2D eigenvalue weighted by molar-refractivity contribution is 5.94. The van der Waals surface area contributed by atoms with Crippen molar-refractivity contribution in [1.29, 1.82) is 0 Å². The number of carbonyl (C=O) groups is 1. The van der Waals surface area contributed by atoms with Gasteiger partial charge in [-0.05, 0) is 43.7 Å². The summed E-state index contributed by atoms with van der Waals surface area (Å²) in [5, 5.41) is 17.7. The van der Waals surface area contributed by atoms with Crippen LogP contribution in [-0.2, 0) is 19.7 Å². The Hall–Kier alpha value is -3.30. The van der Waals surface area contributed by atoms with Crippen molar-refractivity contribution in [3.05, 3.63) is 53.6 Å². The van der Waals surface area contributed by atoms with Crippen LogP contribution in [0.25, 0.3) is 27.8 Å². The van der Waals surface area contributed by atoms with Gasteiger partial charge in [0.15, 0.2) is 11.2 Å². The number of halogens is 1. The lowest BCUT2D eigenvalue weighted by molar-refractivity contribution is -0.157. The maximum absolute atomic E-state index is 13.8. The Morgan fingerprint density at radius 3 is 2.76 bits per heavy atom. The van der Waals surface area contributed by atoms with Crippen LogP contribution >= 0.6 is 0 Å². The Kier molecular flexibility index (Phi) is 5.22. The number of H-pyrrole nitrogens is 1. The van der Waals surface area contributed by atoms with E-state index in [0.717, 1.165) is 33.4 Å². The van der Waals surface area contributed by atoms with E-state index in [9.17, 15) is 14.3 Å². The first kappa shape index (κ1) is 22.5. The van der Waals surface area contributed by atoms with Crippen LogP contribution < -0.4 is 0 Å². The minimum Gasteiger partial charge on any atom is -0.479 e. The predicted molar refractivity (Wildman–Crippen MR) is 125 cm³/mol. The molecule has 0 saturated carbocycles. The van der Waals surface area contributed by atoms with Gasteiger partial charge in [-0.25, -0.2) is 14.2 Å². The van der Waals surface area contributed by atoms with Crippen LogP contribution in [0.15, 0.2) is 36.5 Å². The quantitative estimate of drug-likeness (QED) is 0.439. The second kappa shape index (κ2) is 7.89. The second-order valence-electron chi connectivity index (χ2n) is 9.80. The molecule has 8 nitrogen and oxygen atoms in total. The monoisotopic (exact) mass is 466 g/mol. The molecule has 2 atom stereocenters. The summed E-state index contributed by atoms with van der Waals surface area (Å²) in [5.74, 6) is -1.52. The van der Waals surface area contributed by atoms with E-state index in [4.69, 9.17) is 14.5 Å². The molecule has 178 valence electrons. The van der Waals surface area contributed by atoms with Crippen LogP contribution in [0.5, 0.6) is 0 Å². The van der Waals surface area contributed by atoms with Gasteiger partial charge in [0.05, 0.1) is 30.4 Å². The van der Waals surface area contributed by atoms with Crippen molar-refractivity contribution in [1.82, 2.24) is 19.7 Å². The third-order valence-corrected chi connectivity index (χ3v) is 6.71. The number of methoxy groups -OCH3 is 1. The molecule has 3 aromatic heterocycles. The van der Waals surface area contributed by atoms with Crippen molar-refractivity contribution >= 4 is 28.0 Å². The molecule has 0 spiro atoms. The van der Waals surface area contributed by atoms with Gasteiger partial charge in [0.25, 0.3) is 0 Å². The van der Waals surface area contributed by atoms with Crippen LogP contribution in [0.1, 0.15) is 44.4 Å². The largest absolute Gasteiger partial charge is 0.479 e. The highest BCUT2D eigenvalue weighted by Crippen LogP contribution is 2.46. The Morgan fingerprint density at radius 1 is 1.38 bits per heavy atom. The summed E-state index contributed by atoms with van der Waals surface area (Å²) >= 11 is 0. The average molecular weight is 467 g/mol. The van der Waals surface area contributed by atoms with Gasteiger partial charge in [0.1, 0.15) is 5.82 Å². The van der Waals surface area contributed by atoms with E-state index < -0.39 is 17.0 Å². The summed E-state index contributed by atoms with van der Waals surface area (Å²) < 4.78 is 27.3. The third-order valence-electron chi connectivity index (χ3n) is 6.71. The van der Waals surface area contributed by atoms with E-state index >= 15 is 0 Å². The summed E-state index contributed by atoms with van der Waals surface area (Å²) in [4.78, 5) is 16.8. The lowest BCUT2D eigenvalue weighted by Gasteiger charge is -2.29. The van der Waals surface area contributed by atoms with Crippen molar-refractivity contribution in [2.75, 3.05) is 20.3 Å². The zero-order valence-electron chi connectivity index (χ0n) is 19.6. The molecule has 1 saturated heterocycles. The molecule has 0 radical (unpaired) electrons. The van der Waals surface area contributed by atoms with Gasteiger partial charge in [-0.3, -0.25) is 5.10 Å². The molecule has 5 rings (SSSR count). The maximum atomic E-state index is 13.8. The van der Waals surface area contributed by atoms with Crippen LogP contribution in [0, 0.1) is 5.82 Å². The number of rotatable bonds is 6. The number of carboxylic acid groups (broad SMARTS) is 1. The molecule has 2 N–H and O–H groups in total. The zero-order chi connectivity index (χ0) is 24.3. The van der Waals surface area contributed by atoms with E-state index in [-0.39, 0.29) is 18.3 Å². The van der Waals surface area contributed by atoms with Crippen LogP contribution in [-0.4, -0.2) is 56.7 Å². The highest BCUT2D eigenvalue weighted by Gasteiger charge is 2.46. The lowest BCUT2D eigenvalue weighted by atomic mass is 9.81. The van der Waals surface area contributed by atoms with Crippen LogP contribution in [0.4, 0.5) is 4.39 Å². The van der Waals surface area contributed by atoms with Crippen molar-refractivity contribution < 1.29 is 23.8 Å². The van der Waals surface area contributed by atoms with Gasteiger partial charge in [-0.2, -0.15) is 5.10 Å². The number of pyridine rings is 1. The number of ether oxygens (including phenoxy) is 2. The van der Waals surface area contributed by atoms with Crippen LogP contribution in [0.2, 0.25) is 0 Å². The number of nitrogens with one attached hydrogen (secondary N) is 1. The topological polar surface area (TPSA) is 102 Å². The predicted octanol–water partition coefficient (Wildman–Crippen LogP) is 4.31. The summed E-state index contributed by atoms with van der Waals surface area (Å²) in [6.45, 7) is 6.43. The molecule has 0 bridgehead atoms. The average Bonchev–Trinajstić information content (AvgIpc) is 3.48. The SMILES string of the molecule is COCC(C)(C)c1c(C2CO[C@](C)(C(=O)O)C2)c2nc3[nH]ncc3cc2n1-c1ccc(F)cc1. The van der Waals surface area contributed by atoms with Gasteiger partial charge >= 0.3 is 5.97 Å². The van der Waals surface area contributed by atoms with E-state index in [1.807, 2.05) is 6.07 Å². The fraction of sp³-hybridized carbons (Fsp3) is 0.400. The number of aromatic amines is 1. The van der Waals surface area contributed by atoms with E-state index in [0.29, 0.717) is 18.7 Å². The number of aliphatic carboxylic acids is 1. The maximum Gasteiger partial charge on any atom is 0.335 e. The summed E-state index contributed by atoms with van der Waals surface area (Å²) in [5.41, 5.74) is 3.09. The Morgan fingerprint density at radius 2 is 2.12 bits per heavy atom. The minimum atomic E-state index is -1.28. The molecular formula is C25H27FN4O4. The van der Waals surface area contributed by atoms with E-state index in [1.165, 1.54) is 12.1 Å². The first-order valence-electron chi connectivity index (χ1n) is 11.2. The van der Waals surface area contributed by atoms with Gasteiger partial charge in [0, 0.05) is 40.8 Å². The molecule has 1 aliphatic heterocycles. The molecule has 1 aromatic carbocycles. The first-order valence-corrected chi connectivity index (χ1v) is 11.2. The smallest absolute Gasteiger partial charge is 0.335 e. The Bertz CT molecular complexity index is 1390. The van der Waals surface area contributed by atoms with Gasteiger partial charge < -0.3 is 19.1 Å². The number of hydrogen-bond acceptors (Lipinski definition) is 5. The number of carboxylic acids is 1. The minimum absolute atomic E-state index is 0.204. The normalized spacial score (nSPS) is 21.0. The molecule has 4 heterocycles. The molecule has 0 amide bonds. The fourth-order valence-electron chi connectivity index (χ4n) is 5.14. The van der Waals surface area contributed by atoms with Crippen molar-refractivity contribution in [3.63, 3.8) is 0 Å². The van der Waals surface area contributed by atoms with Gasteiger partial charge in [0.2, 0.25) is 0 Å². The fourth-order valence-corrected chi connectivity index (χ4v) is 5.14. The summed E-state index contributed by atoms with van der Waals surface area (Å²) in [6.07, 6.45) is 2.02. The van der Waals surface area contributed by atoms with E-state index in [1.54, 1.807) is 32.4 Å². The van der Waals surface area contributed by atoms with Gasteiger partial charge in [-0.1, -0.05) is 13.8 Å². The second-order valence-corrected chi connectivity index (χ2v) is 9.80.